The van der Waals surface area contributed by atoms with E-state index in [0.717, 1.165) is 37.0 Å². The van der Waals surface area contributed by atoms with Gasteiger partial charge >= 0.3 is 0 Å². The molecule has 1 atom stereocenters. The third-order valence-electron chi connectivity index (χ3n) is 6.82. The van der Waals surface area contributed by atoms with E-state index in [9.17, 15) is 9.59 Å². The summed E-state index contributed by atoms with van der Waals surface area (Å²) in [5.41, 5.74) is 3.64. The molecule has 4 heterocycles. The van der Waals surface area contributed by atoms with Crippen LogP contribution in [0.5, 0.6) is 0 Å². The van der Waals surface area contributed by atoms with Crippen LogP contribution in [0.25, 0.3) is 11.2 Å². The van der Waals surface area contributed by atoms with Gasteiger partial charge in [0.05, 0.1) is 17.5 Å². The summed E-state index contributed by atoms with van der Waals surface area (Å²) < 4.78 is 5.48. The number of carbonyl (C=O) groups is 2. The number of aromatic nitrogens is 3. The second kappa shape index (κ2) is 8.07. The summed E-state index contributed by atoms with van der Waals surface area (Å²) >= 11 is 0. The van der Waals surface area contributed by atoms with E-state index in [1.165, 1.54) is 0 Å². The van der Waals surface area contributed by atoms with E-state index in [1.54, 1.807) is 12.4 Å². The molecule has 2 aliphatic heterocycles. The number of H-pyrrole nitrogens is 1. The van der Waals surface area contributed by atoms with Crippen molar-refractivity contribution in [1.82, 2.24) is 25.2 Å². The van der Waals surface area contributed by atoms with Crippen molar-refractivity contribution in [2.24, 2.45) is 11.8 Å². The number of nitrogens with one attached hydrogen (secondary N) is 2. The fraction of sp³-hybridized carbons (Fsp3) is 0.565. The largest absolute Gasteiger partial charge is 0.381 e. The lowest BCUT2D eigenvalue weighted by Gasteiger charge is -2.43. The molecule has 2 amide bonds. The molecule has 0 radical (unpaired) electrons. The van der Waals surface area contributed by atoms with Crippen molar-refractivity contribution < 1.29 is 14.3 Å². The van der Waals surface area contributed by atoms with Gasteiger partial charge in [0.2, 0.25) is 5.91 Å². The van der Waals surface area contributed by atoms with Crippen LogP contribution in [0.3, 0.4) is 0 Å². The van der Waals surface area contributed by atoms with Gasteiger partial charge in [0.25, 0.3) is 5.91 Å². The first-order valence-electron chi connectivity index (χ1n) is 11.2. The molecular formula is C23H29N5O3. The van der Waals surface area contributed by atoms with Crippen molar-refractivity contribution in [1.29, 1.82) is 0 Å². The Balaban J connectivity index is 1.36. The number of aromatic amines is 1. The van der Waals surface area contributed by atoms with Gasteiger partial charge in [0, 0.05) is 44.3 Å². The van der Waals surface area contributed by atoms with Gasteiger partial charge in [-0.05, 0) is 38.5 Å². The third kappa shape index (κ3) is 3.96. The van der Waals surface area contributed by atoms with Crippen LogP contribution in [-0.2, 0) is 9.53 Å². The standard InChI is InChI=1S/C23H29N5O3/c1-13(2)16-11-28(12-16)23(30)19(15-5-7-31-8-6-15)27-22(29)17-9-24-21-20(17)26-18(10-25-21)14-3-4-14/h9-10,14-16,19H,1,3-8,11-12H2,2H3,(H,24,25)(H,27,29)/t19-/m1/s1. The summed E-state index contributed by atoms with van der Waals surface area (Å²) in [5.74, 6) is 0.566. The number of fused-ring (bicyclic) bond motifs is 1. The Hall–Kier alpha value is -2.74. The normalized spacial score (nSPS) is 21.0. The number of likely N-dealkylation sites (tertiary alicyclic amines) is 1. The van der Waals surface area contributed by atoms with Gasteiger partial charge in [0.15, 0.2) is 5.65 Å². The van der Waals surface area contributed by atoms with Crippen molar-refractivity contribution in [3.05, 3.63) is 35.8 Å². The Bertz CT molecular complexity index is 1020. The van der Waals surface area contributed by atoms with Crippen LogP contribution in [-0.4, -0.2) is 64.0 Å². The summed E-state index contributed by atoms with van der Waals surface area (Å²) in [5, 5.41) is 3.04. The van der Waals surface area contributed by atoms with E-state index in [0.29, 0.717) is 54.9 Å². The lowest BCUT2D eigenvalue weighted by atomic mass is 9.87. The van der Waals surface area contributed by atoms with Crippen molar-refractivity contribution in [3.8, 4) is 0 Å². The predicted molar refractivity (Wildman–Crippen MR) is 116 cm³/mol. The highest BCUT2D eigenvalue weighted by atomic mass is 16.5. The maximum Gasteiger partial charge on any atom is 0.255 e. The summed E-state index contributed by atoms with van der Waals surface area (Å²) in [6.07, 6.45) is 7.18. The molecule has 31 heavy (non-hydrogen) atoms. The Kier molecular flexibility index (Phi) is 5.25. The van der Waals surface area contributed by atoms with Crippen molar-refractivity contribution in [2.45, 2.75) is 44.6 Å². The van der Waals surface area contributed by atoms with Crippen LogP contribution in [0.15, 0.2) is 24.5 Å². The smallest absolute Gasteiger partial charge is 0.255 e. The molecule has 5 rings (SSSR count). The molecule has 8 nitrogen and oxygen atoms in total. The highest BCUT2D eigenvalue weighted by molar-refractivity contribution is 6.06. The van der Waals surface area contributed by atoms with Gasteiger partial charge in [-0.2, -0.15) is 0 Å². The molecule has 1 saturated carbocycles. The van der Waals surface area contributed by atoms with E-state index in [2.05, 4.69) is 21.9 Å². The molecule has 164 valence electrons. The number of hydrogen-bond acceptors (Lipinski definition) is 5. The minimum absolute atomic E-state index is 0.0117. The Labute approximate surface area is 181 Å². The van der Waals surface area contributed by atoms with E-state index in [4.69, 9.17) is 9.72 Å². The zero-order chi connectivity index (χ0) is 21.5. The zero-order valence-corrected chi connectivity index (χ0v) is 17.9. The molecule has 2 saturated heterocycles. The van der Waals surface area contributed by atoms with Crippen LogP contribution in [0.4, 0.5) is 0 Å². The number of ether oxygens (including phenoxy) is 1. The highest BCUT2D eigenvalue weighted by Gasteiger charge is 2.39. The molecule has 2 N–H and O–H groups in total. The highest BCUT2D eigenvalue weighted by Crippen LogP contribution is 2.39. The maximum atomic E-state index is 13.3. The van der Waals surface area contributed by atoms with Crippen molar-refractivity contribution in [3.63, 3.8) is 0 Å². The third-order valence-corrected chi connectivity index (χ3v) is 6.82. The molecule has 3 aliphatic rings. The molecule has 0 spiro atoms. The van der Waals surface area contributed by atoms with Crippen LogP contribution in [0, 0.1) is 11.8 Å². The topological polar surface area (TPSA) is 100 Å². The number of amides is 2. The van der Waals surface area contributed by atoms with Gasteiger partial charge in [-0.3, -0.25) is 9.59 Å². The molecule has 1 aliphatic carbocycles. The Morgan fingerprint density at radius 1 is 1.26 bits per heavy atom. The lowest BCUT2D eigenvalue weighted by Crippen LogP contribution is -2.59. The summed E-state index contributed by atoms with van der Waals surface area (Å²) in [6.45, 7) is 8.57. The second-order valence-electron chi connectivity index (χ2n) is 9.16. The first kappa shape index (κ1) is 20.2. The van der Waals surface area contributed by atoms with Crippen molar-refractivity contribution >= 4 is 23.0 Å². The molecule has 0 unspecified atom stereocenters. The fourth-order valence-electron chi connectivity index (χ4n) is 4.47. The summed E-state index contributed by atoms with van der Waals surface area (Å²) in [6, 6.07) is -0.563. The quantitative estimate of drug-likeness (QED) is 0.695. The van der Waals surface area contributed by atoms with E-state index in [-0.39, 0.29) is 17.7 Å². The van der Waals surface area contributed by atoms with E-state index < -0.39 is 6.04 Å². The molecule has 3 fully saturated rings. The summed E-state index contributed by atoms with van der Waals surface area (Å²) in [7, 11) is 0. The molecule has 0 aromatic carbocycles. The zero-order valence-electron chi connectivity index (χ0n) is 17.9. The first-order chi connectivity index (χ1) is 15.0. The predicted octanol–water partition coefficient (Wildman–Crippen LogP) is 2.39. The molecule has 0 bridgehead atoms. The fourth-order valence-corrected chi connectivity index (χ4v) is 4.47. The van der Waals surface area contributed by atoms with Gasteiger partial charge in [-0.1, -0.05) is 12.2 Å². The minimum Gasteiger partial charge on any atom is -0.381 e. The first-order valence-corrected chi connectivity index (χ1v) is 11.2. The maximum absolute atomic E-state index is 13.3. The van der Waals surface area contributed by atoms with Gasteiger partial charge < -0.3 is 19.9 Å². The average molecular weight is 424 g/mol. The van der Waals surface area contributed by atoms with Crippen LogP contribution in [0.2, 0.25) is 0 Å². The minimum atomic E-state index is -0.563. The molecule has 2 aromatic rings. The number of rotatable bonds is 6. The van der Waals surface area contributed by atoms with Crippen molar-refractivity contribution in [2.75, 3.05) is 26.3 Å². The monoisotopic (exact) mass is 423 g/mol. The molecule has 8 heteroatoms. The van der Waals surface area contributed by atoms with Gasteiger partial charge in [-0.25, -0.2) is 9.97 Å². The average Bonchev–Trinajstić information content (AvgIpc) is 3.50. The van der Waals surface area contributed by atoms with E-state index >= 15 is 0 Å². The van der Waals surface area contributed by atoms with E-state index in [1.807, 2.05) is 11.8 Å². The Morgan fingerprint density at radius 2 is 2.00 bits per heavy atom. The second-order valence-corrected chi connectivity index (χ2v) is 9.16. The number of nitrogens with zero attached hydrogens (tertiary/aromatic N) is 3. The SMILES string of the molecule is C=C(C)C1CN(C(=O)[C@H](NC(=O)c2c[nH]c3ncc(C4CC4)nc23)C2CCOCC2)C1. The molecular weight excluding hydrogens is 394 g/mol. The van der Waals surface area contributed by atoms with Gasteiger partial charge in [0.1, 0.15) is 11.6 Å². The van der Waals surface area contributed by atoms with Gasteiger partial charge in [-0.15, -0.1) is 0 Å². The summed E-state index contributed by atoms with van der Waals surface area (Å²) in [4.78, 5) is 40.6. The molecule has 2 aromatic heterocycles. The Morgan fingerprint density at radius 3 is 2.68 bits per heavy atom. The van der Waals surface area contributed by atoms with Crippen LogP contribution >= 0.6 is 0 Å². The number of carbonyl (C=O) groups excluding carboxylic acids is 2. The lowest BCUT2D eigenvalue weighted by molar-refractivity contribution is -0.141. The number of hydrogen-bond donors (Lipinski definition) is 2. The van der Waals surface area contributed by atoms with Crippen LogP contribution in [0.1, 0.15) is 54.6 Å². The van der Waals surface area contributed by atoms with Crippen LogP contribution < -0.4 is 5.32 Å².